The van der Waals surface area contributed by atoms with E-state index in [4.69, 9.17) is 0 Å². The van der Waals surface area contributed by atoms with Gasteiger partial charge in [-0.1, -0.05) is 38.3 Å². The molecule has 1 heteroatoms. The van der Waals surface area contributed by atoms with Crippen LogP contribution in [0.4, 0.5) is 0 Å². The van der Waals surface area contributed by atoms with Crippen LogP contribution in [0.5, 0.6) is 0 Å². The highest BCUT2D eigenvalue weighted by molar-refractivity contribution is 5.04. The molecule has 0 bridgehead atoms. The Balaban J connectivity index is 3.38. The van der Waals surface area contributed by atoms with Gasteiger partial charge >= 0.3 is 0 Å². The fraction of sp³-hybridized carbons (Fsp3) is 0.545. The highest BCUT2D eigenvalue weighted by Gasteiger charge is 2.01. The maximum atomic E-state index is 3.76. The van der Waals surface area contributed by atoms with Gasteiger partial charge in [0.05, 0.1) is 6.04 Å². The molecule has 0 aromatic carbocycles. The van der Waals surface area contributed by atoms with Crippen LogP contribution in [0.2, 0.25) is 0 Å². The van der Waals surface area contributed by atoms with E-state index in [-0.39, 0.29) is 0 Å². The van der Waals surface area contributed by atoms with E-state index in [9.17, 15) is 0 Å². The molecule has 0 aliphatic heterocycles. The van der Waals surface area contributed by atoms with Crippen LogP contribution in [0.15, 0.2) is 25.3 Å². The van der Waals surface area contributed by atoms with E-state index in [1.807, 2.05) is 12.2 Å². The van der Waals surface area contributed by atoms with E-state index < -0.39 is 0 Å². The first-order valence-corrected chi connectivity index (χ1v) is 4.68. The van der Waals surface area contributed by atoms with E-state index in [1.54, 1.807) is 0 Å². The summed E-state index contributed by atoms with van der Waals surface area (Å²) < 4.78 is 0. The van der Waals surface area contributed by atoms with Gasteiger partial charge < -0.3 is 5.32 Å². The van der Waals surface area contributed by atoms with E-state index in [0.717, 1.165) is 13.0 Å². The van der Waals surface area contributed by atoms with Crippen molar-refractivity contribution >= 4 is 0 Å². The summed E-state index contributed by atoms with van der Waals surface area (Å²) in [5, 5.41) is 3.26. The predicted molar refractivity (Wildman–Crippen MR) is 55.8 cm³/mol. The van der Waals surface area contributed by atoms with Gasteiger partial charge in [0.1, 0.15) is 0 Å². The van der Waals surface area contributed by atoms with Crippen LogP contribution in [0.1, 0.15) is 32.6 Å². The average Bonchev–Trinajstić information content (AvgIpc) is 2.11. The Kier molecular flexibility index (Phi) is 8.14. The smallest absolute Gasteiger partial charge is 0.0585 e. The van der Waals surface area contributed by atoms with Crippen molar-refractivity contribution < 1.29 is 0 Å². The summed E-state index contributed by atoms with van der Waals surface area (Å²) in [7, 11) is 0. The zero-order chi connectivity index (χ0) is 9.23. The molecule has 0 saturated heterocycles. The summed E-state index contributed by atoms with van der Waals surface area (Å²) in [4.78, 5) is 0. The Morgan fingerprint density at radius 3 is 2.58 bits per heavy atom. The quantitative estimate of drug-likeness (QED) is 0.431. The first kappa shape index (κ1) is 11.4. The number of rotatable bonds is 8. The summed E-state index contributed by atoms with van der Waals surface area (Å²) in [5.74, 6) is 0. The van der Waals surface area contributed by atoms with Crippen LogP contribution in [-0.4, -0.2) is 6.54 Å². The molecule has 12 heavy (non-hydrogen) atoms. The standard InChI is InChI=1S/C11H20N/c1-4-7-8-9-11(6-3)12-10-5-2/h5-6,12H,2-4,7-10H2,1H3. The van der Waals surface area contributed by atoms with Gasteiger partial charge in [0.2, 0.25) is 0 Å². The van der Waals surface area contributed by atoms with E-state index >= 15 is 0 Å². The SMILES string of the molecule is C=CCN[C](C=C)CCCCC. The fourth-order valence-corrected chi connectivity index (χ4v) is 1.03. The molecule has 1 nitrogen and oxygen atoms in total. The van der Waals surface area contributed by atoms with Crippen molar-refractivity contribution in [3.05, 3.63) is 31.4 Å². The van der Waals surface area contributed by atoms with Gasteiger partial charge in [-0.2, -0.15) is 0 Å². The highest BCUT2D eigenvalue weighted by atomic mass is 14.9. The number of nitrogens with one attached hydrogen (secondary N) is 1. The Morgan fingerprint density at radius 1 is 1.33 bits per heavy atom. The number of hydrogen-bond acceptors (Lipinski definition) is 1. The minimum atomic E-state index is 0.841. The largest absolute Gasteiger partial charge is 0.303 e. The zero-order valence-electron chi connectivity index (χ0n) is 8.10. The molecule has 0 spiro atoms. The molecule has 0 atom stereocenters. The first-order valence-electron chi connectivity index (χ1n) is 4.68. The molecule has 0 aromatic rings. The molecular formula is C11H20N. The topological polar surface area (TPSA) is 12.0 Å². The van der Waals surface area contributed by atoms with Crippen LogP contribution in [0.3, 0.4) is 0 Å². The fourth-order valence-electron chi connectivity index (χ4n) is 1.03. The first-order chi connectivity index (χ1) is 5.85. The summed E-state index contributed by atoms with van der Waals surface area (Å²) >= 11 is 0. The average molecular weight is 166 g/mol. The van der Waals surface area contributed by atoms with Gasteiger partial charge in [-0.05, 0) is 6.42 Å². The molecule has 0 heterocycles. The lowest BCUT2D eigenvalue weighted by atomic mass is 10.1. The maximum Gasteiger partial charge on any atom is 0.0585 e. The van der Waals surface area contributed by atoms with Crippen LogP contribution >= 0.6 is 0 Å². The van der Waals surface area contributed by atoms with Crippen molar-refractivity contribution in [3.63, 3.8) is 0 Å². The Bertz CT molecular complexity index is 118. The van der Waals surface area contributed by atoms with Gasteiger partial charge in [-0.25, -0.2) is 0 Å². The second-order valence-electron chi connectivity index (χ2n) is 2.86. The highest BCUT2D eigenvalue weighted by Crippen LogP contribution is 2.09. The van der Waals surface area contributed by atoms with Crippen molar-refractivity contribution in [2.45, 2.75) is 32.6 Å². The predicted octanol–water partition coefficient (Wildman–Crippen LogP) is 3.06. The van der Waals surface area contributed by atoms with Gasteiger partial charge in [0, 0.05) is 6.54 Å². The minimum Gasteiger partial charge on any atom is -0.303 e. The second kappa shape index (κ2) is 8.54. The molecule has 0 aliphatic carbocycles. The van der Waals surface area contributed by atoms with Crippen LogP contribution in [0.25, 0.3) is 0 Å². The Hall–Kier alpha value is -0.560. The molecule has 0 amide bonds. The Morgan fingerprint density at radius 2 is 2.08 bits per heavy atom. The molecular weight excluding hydrogens is 146 g/mol. The van der Waals surface area contributed by atoms with Gasteiger partial charge in [-0.15, -0.1) is 13.2 Å². The summed E-state index contributed by atoms with van der Waals surface area (Å²) in [6.45, 7) is 10.5. The lowest BCUT2D eigenvalue weighted by Crippen LogP contribution is -2.18. The van der Waals surface area contributed by atoms with Gasteiger partial charge in [-0.3, -0.25) is 0 Å². The van der Waals surface area contributed by atoms with Crippen LogP contribution in [0, 0.1) is 6.04 Å². The molecule has 69 valence electrons. The van der Waals surface area contributed by atoms with Crippen LogP contribution < -0.4 is 5.32 Å². The second-order valence-corrected chi connectivity index (χ2v) is 2.86. The van der Waals surface area contributed by atoms with E-state index in [0.29, 0.717) is 0 Å². The third kappa shape index (κ3) is 6.17. The molecule has 0 unspecified atom stereocenters. The van der Waals surface area contributed by atoms with Crippen molar-refractivity contribution in [2.75, 3.05) is 6.54 Å². The molecule has 0 aromatic heterocycles. The molecule has 1 N–H and O–H groups in total. The molecule has 0 aliphatic rings. The van der Waals surface area contributed by atoms with Gasteiger partial charge in [0.15, 0.2) is 0 Å². The van der Waals surface area contributed by atoms with Crippen molar-refractivity contribution in [1.82, 2.24) is 5.32 Å². The summed E-state index contributed by atoms with van der Waals surface area (Å²) in [5.41, 5.74) is 0. The zero-order valence-corrected chi connectivity index (χ0v) is 8.10. The van der Waals surface area contributed by atoms with Crippen molar-refractivity contribution in [2.24, 2.45) is 0 Å². The maximum absolute atomic E-state index is 3.76. The molecule has 0 fully saturated rings. The molecule has 0 saturated carbocycles. The Labute approximate surface area is 76.6 Å². The lowest BCUT2D eigenvalue weighted by Gasteiger charge is -2.11. The van der Waals surface area contributed by atoms with E-state index in [2.05, 4.69) is 25.4 Å². The lowest BCUT2D eigenvalue weighted by molar-refractivity contribution is 0.638. The minimum absolute atomic E-state index is 0.841. The summed E-state index contributed by atoms with van der Waals surface area (Å²) in [6.07, 6.45) is 8.70. The van der Waals surface area contributed by atoms with Crippen molar-refractivity contribution in [1.29, 1.82) is 0 Å². The third-order valence-electron chi connectivity index (χ3n) is 1.77. The molecule has 0 rings (SSSR count). The van der Waals surface area contributed by atoms with E-state index in [1.165, 1.54) is 25.3 Å². The summed E-state index contributed by atoms with van der Waals surface area (Å²) in [6, 6.07) is 1.24. The molecule has 1 radical (unpaired) electrons. The van der Waals surface area contributed by atoms with Crippen molar-refractivity contribution in [3.8, 4) is 0 Å². The van der Waals surface area contributed by atoms with Gasteiger partial charge in [0.25, 0.3) is 0 Å². The monoisotopic (exact) mass is 166 g/mol. The third-order valence-corrected chi connectivity index (χ3v) is 1.77. The normalized spacial score (nSPS) is 10.2. The number of unbranched alkanes of at least 4 members (excludes halogenated alkanes) is 2. The van der Waals surface area contributed by atoms with Crippen LogP contribution in [-0.2, 0) is 0 Å². The number of hydrogen-bond donors (Lipinski definition) is 1.